The van der Waals surface area contributed by atoms with Crippen molar-refractivity contribution < 1.29 is 19.3 Å². The van der Waals surface area contributed by atoms with Crippen LogP contribution >= 0.6 is 0 Å². The van der Waals surface area contributed by atoms with Crippen LogP contribution in [0.5, 0.6) is 0 Å². The van der Waals surface area contributed by atoms with Crippen LogP contribution in [0.25, 0.3) is 0 Å². The van der Waals surface area contributed by atoms with Gasteiger partial charge in [0.15, 0.2) is 5.78 Å². The Kier molecular flexibility index (Phi) is 5.85. The van der Waals surface area contributed by atoms with E-state index in [1.807, 2.05) is 4.90 Å². The third-order valence-electron chi connectivity index (χ3n) is 5.04. The van der Waals surface area contributed by atoms with Crippen LogP contribution in [0.4, 0.5) is 5.69 Å². The van der Waals surface area contributed by atoms with Gasteiger partial charge in [0.25, 0.3) is 0 Å². The van der Waals surface area contributed by atoms with E-state index in [0.717, 1.165) is 32.7 Å². The zero-order chi connectivity index (χ0) is 19.4. The Morgan fingerprint density at radius 1 is 1.26 bits per heavy atom. The van der Waals surface area contributed by atoms with Gasteiger partial charge in [0.1, 0.15) is 6.04 Å². The van der Waals surface area contributed by atoms with Crippen molar-refractivity contribution in [2.45, 2.75) is 26.3 Å². The van der Waals surface area contributed by atoms with Crippen LogP contribution in [0.1, 0.15) is 30.6 Å². The lowest BCUT2D eigenvalue weighted by Crippen LogP contribution is -3.14. The molecule has 0 unspecified atom stereocenters. The first-order valence-electron chi connectivity index (χ1n) is 9.34. The smallest absolute Gasteiger partial charge is 0.249 e. The highest BCUT2D eigenvalue weighted by Crippen LogP contribution is 2.13. The third kappa shape index (κ3) is 4.71. The highest BCUT2D eigenvalue weighted by Gasteiger charge is 2.31. The van der Waals surface area contributed by atoms with Crippen LogP contribution in [0.15, 0.2) is 29.3 Å². The van der Waals surface area contributed by atoms with Crippen LogP contribution in [0.2, 0.25) is 0 Å². The fourth-order valence-electron chi connectivity index (χ4n) is 3.29. The van der Waals surface area contributed by atoms with Crippen molar-refractivity contribution in [2.24, 2.45) is 4.99 Å². The number of amides is 2. The Morgan fingerprint density at radius 3 is 2.52 bits per heavy atom. The van der Waals surface area contributed by atoms with E-state index in [9.17, 15) is 14.4 Å². The summed E-state index contributed by atoms with van der Waals surface area (Å²) in [6.45, 7) is 8.34. The molecule has 1 aromatic rings. The number of nitrogens with zero attached hydrogens (tertiary/aromatic N) is 2. The van der Waals surface area contributed by atoms with Crippen molar-refractivity contribution in [3.05, 3.63) is 29.8 Å². The van der Waals surface area contributed by atoms with Crippen molar-refractivity contribution in [3.63, 3.8) is 0 Å². The number of carbonyl (C=O) groups excluding carboxylic acids is 3. The van der Waals surface area contributed by atoms with Crippen molar-refractivity contribution >= 4 is 29.2 Å². The van der Waals surface area contributed by atoms with E-state index < -0.39 is 6.04 Å². The van der Waals surface area contributed by atoms with Gasteiger partial charge in [-0.1, -0.05) is 0 Å². The second-order valence-corrected chi connectivity index (χ2v) is 6.93. The molecule has 144 valence electrons. The molecule has 2 aliphatic heterocycles. The Hall–Kier alpha value is -2.74. The minimum Gasteiger partial charge on any atom is -0.332 e. The van der Waals surface area contributed by atoms with E-state index >= 15 is 0 Å². The molecule has 8 nitrogen and oxygen atoms in total. The second-order valence-electron chi connectivity index (χ2n) is 6.93. The van der Waals surface area contributed by atoms with E-state index in [2.05, 4.69) is 22.5 Å². The number of piperazine rings is 1. The summed E-state index contributed by atoms with van der Waals surface area (Å²) < 4.78 is 0. The highest BCUT2D eigenvalue weighted by atomic mass is 16.2. The Balaban J connectivity index is 1.66. The summed E-state index contributed by atoms with van der Waals surface area (Å²) in [5.41, 5.74) is 1.16. The number of guanidine groups is 1. The number of anilines is 1. The highest BCUT2D eigenvalue weighted by molar-refractivity contribution is 6.06. The average molecular weight is 372 g/mol. The van der Waals surface area contributed by atoms with Crippen LogP contribution in [0.3, 0.4) is 0 Å². The van der Waals surface area contributed by atoms with Gasteiger partial charge in [0.2, 0.25) is 17.8 Å². The van der Waals surface area contributed by atoms with E-state index in [1.54, 1.807) is 24.3 Å². The van der Waals surface area contributed by atoms with Gasteiger partial charge in [-0.05, 0) is 38.1 Å². The summed E-state index contributed by atoms with van der Waals surface area (Å²) in [5.74, 6) is -0.0577. The van der Waals surface area contributed by atoms with Crippen LogP contribution in [0, 0.1) is 0 Å². The summed E-state index contributed by atoms with van der Waals surface area (Å²) in [6, 6.07) is 5.92. The van der Waals surface area contributed by atoms with Crippen molar-refractivity contribution in [2.75, 3.05) is 38.0 Å². The zero-order valence-corrected chi connectivity index (χ0v) is 15.7. The van der Waals surface area contributed by atoms with E-state index in [4.69, 9.17) is 0 Å². The largest absolute Gasteiger partial charge is 0.332 e. The van der Waals surface area contributed by atoms with Gasteiger partial charge in [-0.25, -0.2) is 4.99 Å². The third-order valence-corrected chi connectivity index (χ3v) is 5.04. The van der Waals surface area contributed by atoms with Gasteiger partial charge in [-0.2, -0.15) is 0 Å². The first kappa shape index (κ1) is 19.0. The molecule has 8 heteroatoms. The molecule has 2 aliphatic rings. The van der Waals surface area contributed by atoms with Gasteiger partial charge in [-0.3, -0.25) is 19.7 Å². The van der Waals surface area contributed by atoms with Gasteiger partial charge >= 0.3 is 0 Å². The van der Waals surface area contributed by atoms with Crippen molar-refractivity contribution in [1.29, 1.82) is 0 Å². The molecule has 3 rings (SSSR count). The SMILES string of the molecule is CC[NH+]1CCN(C2=N[C@H](C(=O)Nc3ccc(C(C)=O)cc3)CC(=O)N2)CC1. The lowest BCUT2D eigenvalue weighted by Gasteiger charge is -2.35. The minimum absolute atomic E-state index is 0.0288. The maximum atomic E-state index is 12.6. The molecule has 1 atom stereocenters. The average Bonchev–Trinajstić information content (AvgIpc) is 2.68. The molecule has 0 aliphatic carbocycles. The molecule has 0 aromatic heterocycles. The maximum Gasteiger partial charge on any atom is 0.249 e. The molecule has 1 fully saturated rings. The Bertz CT molecular complexity index is 751. The summed E-state index contributed by atoms with van der Waals surface area (Å²) in [5, 5.41) is 5.58. The number of hydrogen-bond acceptors (Lipinski definition) is 5. The number of carbonyl (C=O) groups is 3. The molecule has 0 saturated carbocycles. The monoisotopic (exact) mass is 372 g/mol. The standard InChI is InChI=1S/C19H25N5O3/c1-3-23-8-10-24(11-9-23)19-21-16(12-17(26)22-19)18(27)20-15-6-4-14(5-7-15)13(2)25/h4-7,16H,3,8-12H2,1-2H3,(H,20,27)(H,21,22,26)/p+1/t16-/m0/s1. The molecule has 0 spiro atoms. The number of nitrogens with one attached hydrogen (secondary N) is 3. The summed E-state index contributed by atoms with van der Waals surface area (Å²) in [6.07, 6.45) is 0.0288. The molecule has 2 heterocycles. The number of rotatable bonds is 4. The first-order valence-corrected chi connectivity index (χ1v) is 9.34. The van der Waals surface area contributed by atoms with Crippen molar-refractivity contribution in [3.8, 4) is 0 Å². The van der Waals surface area contributed by atoms with Crippen LogP contribution < -0.4 is 15.5 Å². The quantitative estimate of drug-likeness (QED) is 0.609. The van der Waals surface area contributed by atoms with E-state index in [1.165, 1.54) is 11.8 Å². The van der Waals surface area contributed by atoms with E-state index in [-0.39, 0.29) is 24.0 Å². The normalized spacial score (nSPS) is 20.7. The predicted molar refractivity (Wildman–Crippen MR) is 102 cm³/mol. The number of likely N-dealkylation sites (N-methyl/N-ethyl adjacent to an activating group) is 1. The molecule has 1 saturated heterocycles. The van der Waals surface area contributed by atoms with Crippen LogP contribution in [-0.2, 0) is 9.59 Å². The zero-order valence-electron chi connectivity index (χ0n) is 15.7. The molecular weight excluding hydrogens is 346 g/mol. The number of ketones is 1. The minimum atomic E-state index is -0.752. The summed E-state index contributed by atoms with van der Waals surface area (Å²) in [4.78, 5) is 44.0. The molecule has 0 radical (unpaired) electrons. The van der Waals surface area contributed by atoms with Gasteiger partial charge in [0.05, 0.1) is 39.1 Å². The molecule has 27 heavy (non-hydrogen) atoms. The van der Waals surface area contributed by atoms with Gasteiger partial charge in [0, 0.05) is 11.3 Å². The first-order chi connectivity index (χ1) is 13.0. The molecular formula is C19H26N5O3+. The second kappa shape index (κ2) is 8.30. The molecule has 1 aromatic carbocycles. The number of quaternary nitrogens is 1. The molecule has 3 N–H and O–H groups in total. The molecule has 2 amide bonds. The Labute approximate surface area is 158 Å². The lowest BCUT2D eigenvalue weighted by molar-refractivity contribution is -0.902. The summed E-state index contributed by atoms with van der Waals surface area (Å²) >= 11 is 0. The predicted octanol–water partition coefficient (Wildman–Crippen LogP) is -0.707. The van der Waals surface area contributed by atoms with Gasteiger partial charge < -0.3 is 15.1 Å². The topological polar surface area (TPSA) is 95.3 Å². The van der Waals surface area contributed by atoms with E-state index in [0.29, 0.717) is 17.2 Å². The number of aliphatic imine (C=N–C) groups is 1. The van der Waals surface area contributed by atoms with Crippen molar-refractivity contribution in [1.82, 2.24) is 10.2 Å². The Morgan fingerprint density at radius 2 is 1.93 bits per heavy atom. The fourth-order valence-corrected chi connectivity index (χ4v) is 3.29. The number of benzene rings is 1. The number of hydrogen-bond donors (Lipinski definition) is 3. The van der Waals surface area contributed by atoms with Gasteiger partial charge in [-0.15, -0.1) is 0 Å². The summed E-state index contributed by atoms with van der Waals surface area (Å²) in [7, 11) is 0. The number of Topliss-reactive ketones (excluding diaryl/α,β-unsaturated/α-hetero) is 1. The fraction of sp³-hybridized carbons (Fsp3) is 0.474. The molecule has 0 bridgehead atoms. The maximum absolute atomic E-state index is 12.6. The van der Waals surface area contributed by atoms with Crippen LogP contribution in [-0.4, -0.2) is 67.2 Å². The lowest BCUT2D eigenvalue weighted by atomic mass is 10.1.